The van der Waals surface area contributed by atoms with Gasteiger partial charge in [0.1, 0.15) is 0 Å². The Bertz CT molecular complexity index is 541. The number of carbonyl (C=O) groups is 1. The number of esters is 1. The minimum absolute atomic E-state index is 0.165. The summed E-state index contributed by atoms with van der Waals surface area (Å²) in [7, 11) is 0. The van der Waals surface area contributed by atoms with Crippen molar-refractivity contribution in [2.24, 2.45) is 0 Å². The van der Waals surface area contributed by atoms with Gasteiger partial charge in [0.15, 0.2) is 0 Å². The largest absolute Gasteiger partial charge is 0.459 e. The molecule has 0 aliphatic rings. The Morgan fingerprint density at radius 1 is 1.47 bits per heavy atom. The average molecular weight is 298 g/mol. The minimum atomic E-state index is -0.630. The summed E-state index contributed by atoms with van der Waals surface area (Å²) >= 11 is 3.28. The summed E-state index contributed by atoms with van der Waals surface area (Å²) in [6.45, 7) is 1.96. The van der Waals surface area contributed by atoms with Gasteiger partial charge in [-0.3, -0.25) is 4.98 Å². The lowest BCUT2D eigenvalue weighted by Crippen LogP contribution is -2.04. The molecule has 0 fully saturated rings. The fraction of sp³-hybridized carbons (Fsp3) is 0.200. The van der Waals surface area contributed by atoms with E-state index in [1.807, 2.05) is 0 Å². The molecule has 0 spiro atoms. The van der Waals surface area contributed by atoms with Crippen LogP contribution in [0.4, 0.5) is 0 Å². The zero-order valence-electron chi connectivity index (χ0n) is 8.88. The SMILES string of the molecule is CCOC(=O)c1nnc(-c2cncc(Br)c2)o1. The number of aromatic nitrogens is 3. The molecule has 6 nitrogen and oxygen atoms in total. The molecule has 0 bridgehead atoms. The maximum absolute atomic E-state index is 11.3. The third-order valence-electron chi connectivity index (χ3n) is 1.83. The second-order valence-electron chi connectivity index (χ2n) is 3.02. The highest BCUT2D eigenvalue weighted by Gasteiger charge is 2.16. The van der Waals surface area contributed by atoms with Crippen molar-refractivity contribution in [1.82, 2.24) is 15.2 Å². The Balaban J connectivity index is 2.27. The zero-order valence-corrected chi connectivity index (χ0v) is 10.5. The molecule has 7 heteroatoms. The summed E-state index contributed by atoms with van der Waals surface area (Å²) in [6.07, 6.45) is 3.19. The van der Waals surface area contributed by atoms with E-state index in [-0.39, 0.29) is 18.4 Å². The number of pyridine rings is 1. The monoisotopic (exact) mass is 297 g/mol. The Morgan fingerprint density at radius 2 is 2.29 bits per heavy atom. The van der Waals surface area contributed by atoms with Gasteiger partial charge in [0.05, 0.1) is 12.2 Å². The van der Waals surface area contributed by atoms with Crippen LogP contribution in [0.25, 0.3) is 11.5 Å². The average Bonchev–Trinajstić information content (AvgIpc) is 2.78. The summed E-state index contributed by atoms with van der Waals surface area (Å²) in [5.41, 5.74) is 0.627. The quantitative estimate of drug-likeness (QED) is 0.807. The fourth-order valence-corrected chi connectivity index (χ4v) is 1.51. The standard InChI is InChI=1S/C10H8BrN3O3/c1-2-16-10(15)9-14-13-8(17-9)6-3-7(11)5-12-4-6/h3-5H,2H2,1H3. The molecular weight excluding hydrogens is 290 g/mol. The van der Waals surface area contributed by atoms with Gasteiger partial charge in [-0.2, -0.15) is 0 Å². The molecule has 17 heavy (non-hydrogen) atoms. The van der Waals surface area contributed by atoms with Gasteiger partial charge in [0, 0.05) is 16.9 Å². The second-order valence-corrected chi connectivity index (χ2v) is 3.94. The van der Waals surface area contributed by atoms with Crippen molar-refractivity contribution in [3.8, 4) is 11.5 Å². The number of halogens is 1. The highest BCUT2D eigenvalue weighted by Crippen LogP contribution is 2.20. The van der Waals surface area contributed by atoms with E-state index in [1.165, 1.54) is 0 Å². The van der Waals surface area contributed by atoms with E-state index in [9.17, 15) is 4.79 Å². The van der Waals surface area contributed by atoms with Crippen molar-refractivity contribution in [3.63, 3.8) is 0 Å². The zero-order chi connectivity index (χ0) is 12.3. The van der Waals surface area contributed by atoms with E-state index < -0.39 is 5.97 Å². The Morgan fingerprint density at radius 3 is 3.00 bits per heavy atom. The van der Waals surface area contributed by atoms with Gasteiger partial charge in [-0.05, 0) is 28.9 Å². The van der Waals surface area contributed by atoms with Gasteiger partial charge < -0.3 is 9.15 Å². The molecule has 0 unspecified atom stereocenters. The Hall–Kier alpha value is -1.76. The van der Waals surface area contributed by atoms with Gasteiger partial charge in [-0.1, -0.05) is 0 Å². The smallest absolute Gasteiger partial charge is 0.396 e. The number of hydrogen-bond acceptors (Lipinski definition) is 6. The molecule has 2 aromatic heterocycles. The molecule has 2 aromatic rings. The lowest BCUT2D eigenvalue weighted by Gasteiger charge is -1.95. The Kier molecular flexibility index (Phi) is 3.48. The molecule has 0 saturated carbocycles. The second kappa shape index (κ2) is 5.05. The van der Waals surface area contributed by atoms with Gasteiger partial charge >= 0.3 is 11.9 Å². The lowest BCUT2D eigenvalue weighted by molar-refractivity contribution is 0.0481. The van der Waals surface area contributed by atoms with Crippen LogP contribution in [0.5, 0.6) is 0 Å². The summed E-state index contributed by atoms with van der Waals surface area (Å²) in [5.74, 6) is -0.571. The highest BCUT2D eigenvalue weighted by molar-refractivity contribution is 9.10. The molecule has 0 amide bonds. The number of carbonyl (C=O) groups excluding carboxylic acids is 1. The van der Waals surface area contributed by atoms with E-state index in [0.29, 0.717) is 5.56 Å². The molecule has 0 aliphatic carbocycles. The first-order chi connectivity index (χ1) is 8.20. The molecule has 0 atom stereocenters. The molecule has 2 rings (SSSR count). The fourth-order valence-electron chi connectivity index (χ4n) is 1.14. The van der Waals surface area contributed by atoms with Gasteiger partial charge in [-0.15, -0.1) is 10.2 Å². The van der Waals surface area contributed by atoms with Gasteiger partial charge in [0.25, 0.3) is 0 Å². The van der Waals surface area contributed by atoms with E-state index in [4.69, 9.17) is 9.15 Å². The van der Waals surface area contributed by atoms with Crippen LogP contribution in [-0.2, 0) is 4.74 Å². The van der Waals surface area contributed by atoms with Crippen molar-refractivity contribution in [2.75, 3.05) is 6.61 Å². The summed E-state index contributed by atoms with van der Waals surface area (Å²) in [5, 5.41) is 7.36. The van der Waals surface area contributed by atoms with E-state index >= 15 is 0 Å². The van der Waals surface area contributed by atoms with Gasteiger partial charge in [-0.25, -0.2) is 4.79 Å². The van der Waals surface area contributed by atoms with Crippen molar-refractivity contribution in [2.45, 2.75) is 6.92 Å². The van der Waals surface area contributed by atoms with E-state index in [1.54, 1.807) is 25.4 Å². The minimum Gasteiger partial charge on any atom is -0.459 e. The molecule has 88 valence electrons. The molecule has 0 radical (unpaired) electrons. The van der Waals surface area contributed by atoms with Crippen LogP contribution < -0.4 is 0 Å². The number of nitrogens with zero attached hydrogens (tertiary/aromatic N) is 3. The topological polar surface area (TPSA) is 78.1 Å². The van der Waals surface area contributed by atoms with Crippen LogP contribution in [0, 0.1) is 0 Å². The maximum Gasteiger partial charge on any atom is 0.396 e. The molecule has 2 heterocycles. The van der Waals surface area contributed by atoms with Crippen LogP contribution in [0.15, 0.2) is 27.3 Å². The molecule has 0 aliphatic heterocycles. The predicted molar refractivity (Wildman–Crippen MR) is 61.2 cm³/mol. The van der Waals surface area contributed by atoms with Crippen molar-refractivity contribution < 1.29 is 13.9 Å². The lowest BCUT2D eigenvalue weighted by atomic mass is 10.3. The first-order valence-corrected chi connectivity index (χ1v) is 5.61. The molecular formula is C10H8BrN3O3. The van der Waals surface area contributed by atoms with Crippen LogP contribution in [0.1, 0.15) is 17.6 Å². The summed E-state index contributed by atoms with van der Waals surface area (Å²) in [4.78, 5) is 15.3. The number of ether oxygens (including phenoxy) is 1. The van der Waals surface area contributed by atoms with Crippen LogP contribution in [0.3, 0.4) is 0 Å². The predicted octanol–water partition coefficient (Wildman–Crippen LogP) is 2.07. The van der Waals surface area contributed by atoms with E-state index in [2.05, 4.69) is 31.1 Å². The summed E-state index contributed by atoms with van der Waals surface area (Å²) in [6, 6.07) is 1.76. The third kappa shape index (κ3) is 2.68. The summed E-state index contributed by atoms with van der Waals surface area (Å²) < 4.78 is 10.7. The molecule has 0 N–H and O–H groups in total. The number of rotatable bonds is 3. The van der Waals surface area contributed by atoms with E-state index in [0.717, 1.165) is 4.47 Å². The third-order valence-corrected chi connectivity index (χ3v) is 2.26. The first-order valence-electron chi connectivity index (χ1n) is 4.82. The normalized spacial score (nSPS) is 10.2. The van der Waals surface area contributed by atoms with Crippen LogP contribution >= 0.6 is 15.9 Å². The first kappa shape index (κ1) is 11.7. The Labute approximate surface area is 105 Å². The van der Waals surface area contributed by atoms with Crippen LogP contribution in [-0.4, -0.2) is 27.8 Å². The van der Waals surface area contributed by atoms with Crippen molar-refractivity contribution in [3.05, 3.63) is 28.8 Å². The van der Waals surface area contributed by atoms with Crippen molar-refractivity contribution >= 4 is 21.9 Å². The number of hydrogen-bond donors (Lipinski definition) is 0. The highest BCUT2D eigenvalue weighted by atomic mass is 79.9. The molecule has 0 saturated heterocycles. The van der Waals surface area contributed by atoms with Crippen molar-refractivity contribution in [1.29, 1.82) is 0 Å². The van der Waals surface area contributed by atoms with Gasteiger partial charge in [0.2, 0.25) is 5.89 Å². The molecule has 0 aromatic carbocycles. The van der Waals surface area contributed by atoms with Crippen LogP contribution in [0.2, 0.25) is 0 Å². The maximum atomic E-state index is 11.3.